The van der Waals surface area contributed by atoms with E-state index in [0.717, 1.165) is 10.0 Å². The van der Waals surface area contributed by atoms with Gasteiger partial charge in [0.25, 0.3) is 5.91 Å². The van der Waals surface area contributed by atoms with Crippen molar-refractivity contribution in [1.82, 2.24) is 0 Å². The van der Waals surface area contributed by atoms with Crippen LogP contribution in [0.3, 0.4) is 0 Å². The fraction of sp³-hybridized carbons (Fsp3) is 0.192. The van der Waals surface area contributed by atoms with Crippen LogP contribution in [0.1, 0.15) is 24.8 Å². The maximum absolute atomic E-state index is 12.1. The number of aryl methyl sites for hydroxylation is 1. The average molecular weight is 560 g/mol. The van der Waals surface area contributed by atoms with Gasteiger partial charge < -0.3 is 20.1 Å². The predicted octanol–water partition coefficient (Wildman–Crippen LogP) is 6.49. The van der Waals surface area contributed by atoms with Crippen molar-refractivity contribution in [1.29, 1.82) is 0 Å². The molecule has 0 heterocycles. The molecule has 0 aliphatic heterocycles. The lowest BCUT2D eigenvalue weighted by Gasteiger charge is -2.09. The van der Waals surface area contributed by atoms with E-state index in [4.69, 9.17) is 21.1 Å². The van der Waals surface area contributed by atoms with Gasteiger partial charge in [0.2, 0.25) is 5.91 Å². The van der Waals surface area contributed by atoms with Crippen LogP contribution < -0.4 is 15.4 Å². The lowest BCUT2D eigenvalue weighted by Crippen LogP contribution is -2.21. The van der Waals surface area contributed by atoms with Crippen molar-refractivity contribution in [3.63, 3.8) is 0 Å². The summed E-state index contributed by atoms with van der Waals surface area (Å²) in [5, 5.41) is 5.91. The Labute approximate surface area is 216 Å². The lowest BCUT2D eigenvalue weighted by atomic mass is 10.2. The zero-order valence-electron chi connectivity index (χ0n) is 19.0. The van der Waals surface area contributed by atoms with Crippen LogP contribution in [0, 0.1) is 6.92 Å². The monoisotopic (exact) mass is 558 g/mol. The molecule has 2 amide bonds. The molecule has 0 aromatic heterocycles. The minimum absolute atomic E-state index is 0.0248. The molecule has 35 heavy (non-hydrogen) atoms. The highest BCUT2D eigenvalue weighted by Crippen LogP contribution is 2.24. The highest BCUT2D eigenvalue weighted by Gasteiger charge is 2.10. The van der Waals surface area contributed by atoms with Crippen LogP contribution in [0.4, 0.5) is 11.4 Å². The van der Waals surface area contributed by atoms with E-state index in [0.29, 0.717) is 34.3 Å². The molecule has 0 bridgehead atoms. The Morgan fingerprint density at radius 3 is 2.09 bits per heavy atom. The van der Waals surface area contributed by atoms with Gasteiger partial charge in [-0.25, -0.2) is 0 Å². The molecule has 0 fully saturated rings. The minimum atomic E-state index is -0.552. The first-order valence-corrected chi connectivity index (χ1v) is 12.0. The number of halogens is 2. The summed E-state index contributed by atoms with van der Waals surface area (Å²) in [5.41, 5.74) is 2.03. The van der Waals surface area contributed by atoms with Gasteiger partial charge in [0.05, 0.1) is 0 Å². The van der Waals surface area contributed by atoms with Crippen LogP contribution in [0.15, 0.2) is 71.2 Å². The quantitative estimate of drug-likeness (QED) is 0.277. The maximum atomic E-state index is 12.1. The normalized spacial score (nSPS) is 10.4. The highest BCUT2D eigenvalue weighted by atomic mass is 79.9. The summed E-state index contributed by atoms with van der Waals surface area (Å²) < 4.78 is 11.7. The fourth-order valence-corrected chi connectivity index (χ4v) is 3.39. The number of anilines is 2. The number of hydrogen-bond acceptors (Lipinski definition) is 5. The Bertz CT molecular complexity index is 1180. The Hall–Kier alpha value is -3.36. The number of amides is 2. The molecule has 0 aliphatic rings. The average Bonchev–Trinajstić information content (AvgIpc) is 2.83. The molecule has 3 aromatic rings. The molecule has 0 radical (unpaired) electrons. The first-order chi connectivity index (χ1) is 16.8. The van der Waals surface area contributed by atoms with Gasteiger partial charge in [0, 0.05) is 33.7 Å². The molecule has 0 saturated carbocycles. The summed E-state index contributed by atoms with van der Waals surface area (Å²) in [4.78, 5) is 36.0. The van der Waals surface area contributed by atoms with Crippen LogP contribution in [0.2, 0.25) is 5.02 Å². The maximum Gasteiger partial charge on any atom is 0.306 e. The zero-order chi connectivity index (χ0) is 25.2. The topological polar surface area (TPSA) is 93.7 Å². The Morgan fingerprint density at radius 1 is 0.829 bits per heavy atom. The summed E-state index contributed by atoms with van der Waals surface area (Å²) in [7, 11) is 0. The summed E-state index contributed by atoms with van der Waals surface area (Å²) in [6.07, 6.45) is 0.460. The minimum Gasteiger partial charge on any atom is -0.457 e. The van der Waals surface area contributed by atoms with Gasteiger partial charge in [-0.05, 0) is 79.6 Å². The predicted molar refractivity (Wildman–Crippen MR) is 139 cm³/mol. The standard InChI is InChI=1S/C26H24BrClN2O5/c1-17-5-8-20(15-23(17)28)30-25(32)16-34-26(33)4-2-3-24(31)29-19-9-13-22(14-10-19)35-21-11-6-18(27)7-12-21/h5-15H,2-4,16H2,1H3,(H,29,31)(H,30,32). The summed E-state index contributed by atoms with van der Waals surface area (Å²) in [5.74, 6) is 0.0951. The highest BCUT2D eigenvalue weighted by molar-refractivity contribution is 9.10. The Kier molecular flexibility index (Phi) is 9.69. The van der Waals surface area contributed by atoms with Crippen LogP contribution in [0.5, 0.6) is 11.5 Å². The van der Waals surface area contributed by atoms with E-state index in [1.807, 2.05) is 31.2 Å². The molecule has 3 rings (SSSR count). The molecule has 0 aliphatic carbocycles. The van der Waals surface area contributed by atoms with Crippen LogP contribution >= 0.6 is 27.5 Å². The van der Waals surface area contributed by atoms with Gasteiger partial charge in [0.1, 0.15) is 11.5 Å². The second-order valence-electron chi connectivity index (χ2n) is 7.65. The molecule has 0 unspecified atom stereocenters. The van der Waals surface area contributed by atoms with E-state index in [-0.39, 0.29) is 18.7 Å². The second kappa shape index (κ2) is 12.9. The summed E-state index contributed by atoms with van der Waals surface area (Å²) >= 11 is 9.40. The number of esters is 1. The van der Waals surface area contributed by atoms with Crippen molar-refractivity contribution < 1.29 is 23.9 Å². The van der Waals surface area contributed by atoms with Crippen molar-refractivity contribution in [3.05, 3.63) is 81.8 Å². The van der Waals surface area contributed by atoms with Crippen LogP contribution in [0.25, 0.3) is 0 Å². The van der Waals surface area contributed by atoms with E-state index < -0.39 is 18.5 Å². The number of hydrogen-bond donors (Lipinski definition) is 2. The molecule has 7 nitrogen and oxygen atoms in total. The van der Waals surface area contributed by atoms with E-state index in [9.17, 15) is 14.4 Å². The Morgan fingerprint density at radius 2 is 1.43 bits per heavy atom. The third kappa shape index (κ3) is 9.07. The molecule has 3 aromatic carbocycles. The van der Waals surface area contributed by atoms with Crippen molar-refractivity contribution in [3.8, 4) is 11.5 Å². The Balaban J connectivity index is 1.32. The largest absolute Gasteiger partial charge is 0.457 e. The number of nitrogens with one attached hydrogen (secondary N) is 2. The first-order valence-electron chi connectivity index (χ1n) is 10.8. The van der Waals surface area contributed by atoms with Gasteiger partial charge in [-0.2, -0.15) is 0 Å². The first kappa shape index (κ1) is 26.2. The lowest BCUT2D eigenvalue weighted by molar-refractivity contribution is -0.147. The summed E-state index contributed by atoms with van der Waals surface area (Å²) in [6, 6.07) is 19.6. The fourth-order valence-electron chi connectivity index (χ4n) is 2.95. The molecule has 0 spiro atoms. The molecular weight excluding hydrogens is 536 g/mol. The van der Waals surface area contributed by atoms with Crippen molar-refractivity contribution in [2.45, 2.75) is 26.2 Å². The summed E-state index contributed by atoms with van der Waals surface area (Å²) in [6.45, 7) is 1.44. The number of rotatable bonds is 10. The molecule has 182 valence electrons. The van der Waals surface area contributed by atoms with Gasteiger partial charge >= 0.3 is 5.97 Å². The zero-order valence-corrected chi connectivity index (χ0v) is 21.3. The number of carbonyl (C=O) groups is 3. The number of benzene rings is 3. The van der Waals surface area contributed by atoms with E-state index in [2.05, 4.69) is 26.6 Å². The number of carbonyl (C=O) groups excluding carboxylic acids is 3. The number of ether oxygens (including phenoxy) is 2. The van der Waals surface area contributed by atoms with Crippen molar-refractivity contribution in [2.24, 2.45) is 0 Å². The van der Waals surface area contributed by atoms with Gasteiger partial charge in [-0.1, -0.05) is 33.6 Å². The third-order valence-electron chi connectivity index (χ3n) is 4.79. The van der Waals surface area contributed by atoms with Gasteiger partial charge in [-0.3, -0.25) is 14.4 Å². The molecule has 9 heteroatoms. The van der Waals surface area contributed by atoms with Gasteiger partial charge in [-0.15, -0.1) is 0 Å². The van der Waals surface area contributed by atoms with Crippen molar-refractivity contribution >= 4 is 56.7 Å². The second-order valence-corrected chi connectivity index (χ2v) is 8.98. The van der Waals surface area contributed by atoms with Gasteiger partial charge in [0.15, 0.2) is 6.61 Å². The van der Waals surface area contributed by atoms with E-state index in [1.54, 1.807) is 42.5 Å². The molecule has 2 N–H and O–H groups in total. The SMILES string of the molecule is Cc1ccc(NC(=O)COC(=O)CCCC(=O)Nc2ccc(Oc3ccc(Br)cc3)cc2)cc1Cl. The van der Waals surface area contributed by atoms with E-state index >= 15 is 0 Å². The van der Waals surface area contributed by atoms with Crippen LogP contribution in [-0.2, 0) is 19.1 Å². The smallest absolute Gasteiger partial charge is 0.306 e. The molecule has 0 saturated heterocycles. The molecular formula is C26H24BrClN2O5. The van der Waals surface area contributed by atoms with Crippen molar-refractivity contribution in [2.75, 3.05) is 17.2 Å². The molecule has 0 atom stereocenters. The third-order valence-corrected chi connectivity index (χ3v) is 5.73. The van der Waals surface area contributed by atoms with Crippen LogP contribution in [-0.4, -0.2) is 24.4 Å². The van der Waals surface area contributed by atoms with E-state index in [1.165, 1.54) is 0 Å².